The Kier molecular flexibility index (Phi) is 18.5. The Bertz CT molecular complexity index is 912. The maximum Gasteiger partial charge on any atom is 0.113 e. The second kappa shape index (κ2) is 20.2. The van der Waals surface area contributed by atoms with Gasteiger partial charge in [-0.15, -0.1) is 6.42 Å². The average Bonchev–Trinajstić information content (AvgIpc) is 2.85. The molecule has 0 aliphatic rings. The summed E-state index contributed by atoms with van der Waals surface area (Å²) in [4.78, 5) is 2.51. The maximum absolute atomic E-state index is 6.02. The van der Waals surface area contributed by atoms with Gasteiger partial charge in [-0.25, -0.2) is 0 Å². The highest BCUT2D eigenvalue weighted by Crippen LogP contribution is 2.21. The van der Waals surface area contributed by atoms with Crippen molar-refractivity contribution in [2.75, 3.05) is 6.54 Å². The Morgan fingerprint density at radius 3 is 2.19 bits per heavy atom. The van der Waals surface area contributed by atoms with E-state index in [1.807, 2.05) is 50.3 Å². The number of ether oxygens (including phenoxy) is 1. The van der Waals surface area contributed by atoms with Crippen LogP contribution in [-0.4, -0.2) is 23.5 Å². The molecule has 1 rings (SSSR count). The molecule has 0 atom stereocenters. The lowest BCUT2D eigenvalue weighted by atomic mass is 10.0. The molecule has 0 saturated carbocycles. The second-order valence-corrected chi connectivity index (χ2v) is 9.36. The predicted octanol–water partition coefficient (Wildman–Crippen LogP) is 9.21. The fraction of sp³-hybridized carbons (Fsp3) is 0.412. The topological polar surface area (TPSA) is 12.5 Å². The molecule has 0 fully saturated rings. The number of benzene rings is 1. The van der Waals surface area contributed by atoms with E-state index < -0.39 is 0 Å². The smallest absolute Gasteiger partial charge is 0.113 e. The zero-order valence-corrected chi connectivity index (χ0v) is 23.9. The van der Waals surface area contributed by atoms with Crippen molar-refractivity contribution in [3.05, 3.63) is 108 Å². The van der Waals surface area contributed by atoms with E-state index in [0.29, 0.717) is 18.7 Å². The van der Waals surface area contributed by atoms with Crippen LogP contribution in [0.5, 0.6) is 0 Å². The van der Waals surface area contributed by atoms with Crippen LogP contribution >= 0.6 is 0 Å². The van der Waals surface area contributed by atoms with E-state index in [0.717, 1.165) is 40.9 Å². The van der Waals surface area contributed by atoms with E-state index in [1.165, 1.54) is 13.0 Å². The minimum atomic E-state index is 0.557. The van der Waals surface area contributed by atoms with Gasteiger partial charge in [0.05, 0.1) is 5.76 Å². The van der Waals surface area contributed by atoms with Gasteiger partial charge in [0.25, 0.3) is 0 Å². The molecule has 0 spiro atoms. The number of terminal acetylenes is 1. The summed E-state index contributed by atoms with van der Waals surface area (Å²) in [6.45, 7) is 25.0. The Balaban J connectivity index is 0.00000103. The van der Waals surface area contributed by atoms with Gasteiger partial charge < -0.3 is 4.74 Å². The zero-order valence-electron chi connectivity index (χ0n) is 23.9. The minimum absolute atomic E-state index is 0.557. The average molecular weight is 488 g/mol. The maximum atomic E-state index is 6.02. The molecule has 36 heavy (non-hydrogen) atoms. The molecular weight excluding hydrogens is 438 g/mol. The van der Waals surface area contributed by atoms with Gasteiger partial charge >= 0.3 is 0 Å². The molecule has 0 saturated heterocycles. The minimum Gasteiger partial charge on any atom is -0.493 e. The van der Waals surface area contributed by atoms with Crippen LogP contribution in [0.1, 0.15) is 73.3 Å². The van der Waals surface area contributed by atoms with Gasteiger partial charge in [0.15, 0.2) is 0 Å². The van der Waals surface area contributed by atoms with Crippen molar-refractivity contribution in [2.45, 2.75) is 86.4 Å². The first-order valence-electron chi connectivity index (χ1n) is 13.1. The van der Waals surface area contributed by atoms with E-state index in [4.69, 9.17) is 11.2 Å². The van der Waals surface area contributed by atoms with Gasteiger partial charge in [0.1, 0.15) is 6.61 Å². The van der Waals surface area contributed by atoms with Crippen LogP contribution in [0.2, 0.25) is 0 Å². The Labute approximate surface area is 222 Å². The van der Waals surface area contributed by atoms with E-state index in [-0.39, 0.29) is 0 Å². The van der Waals surface area contributed by atoms with E-state index >= 15 is 0 Å². The number of allylic oxidation sites excluding steroid dienone is 10. The summed E-state index contributed by atoms with van der Waals surface area (Å²) in [7, 11) is 0. The molecule has 2 nitrogen and oxygen atoms in total. The van der Waals surface area contributed by atoms with Crippen LogP contribution in [0.4, 0.5) is 0 Å². The standard InChI is InChI=1S/C25H28O.C9H21N/c1-6-8-9-10-11-15-18-25(19-24(7-2)21(3)4)22(5)26-20-23-16-13-12-14-17-23;1-6-7-10(8(2)3)9(4)5/h1,7-14,16-17,19H,2-3,15,18,20H2,4-5H3;8-9H,6-7H2,1-5H3/b9-8-,11-10-,24-19+,25-22+;. The second-order valence-electron chi connectivity index (χ2n) is 9.36. The summed E-state index contributed by atoms with van der Waals surface area (Å²) in [6.07, 6.45) is 19.8. The largest absolute Gasteiger partial charge is 0.493 e. The van der Waals surface area contributed by atoms with Gasteiger partial charge in [-0.1, -0.05) is 86.2 Å². The van der Waals surface area contributed by atoms with Crippen molar-refractivity contribution in [3.63, 3.8) is 0 Å². The first kappa shape index (κ1) is 33.0. The molecule has 0 radical (unpaired) electrons. The molecule has 0 N–H and O–H groups in total. The Morgan fingerprint density at radius 1 is 1.08 bits per heavy atom. The number of nitrogens with zero attached hydrogens (tertiary/aromatic N) is 1. The van der Waals surface area contributed by atoms with Crippen molar-refractivity contribution in [1.82, 2.24) is 4.90 Å². The summed E-state index contributed by atoms with van der Waals surface area (Å²) < 4.78 is 6.02. The van der Waals surface area contributed by atoms with Crippen LogP contribution in [0, 0.1) is 12.3 Å². The SMILES string of the molecule is C#C/C=C\C=C/CCC(/C=C(\C=C)C(=C)C)=C(/C)OCc1ccccc1.CCCN(C(C)C)C(C)C. The fourth-order valence-electron chi connectivity index (χ4n) is 3.65. The fourth-order valence-corrected chi connectivity index (χ4v) is 3.65. The summed E-state index contributed by atoms with van der Waals surface area (Å²) in [5.74, 6) is 3.39. The molecule has 1 aromatic rings. The van der Waals surface area contributed by atoms with E-state index in [1.54, 1.807) is 6.08 Å². The number of hydrogen-bond acceptors (Lipinski definition) is 2. The third-order valence-corrected chi connectivity index (χ3v) is 5.62. The molecule has 0 aliphatic carbocycles. The highest BCUT2D eigenvalue weighted by Gasteiger charge is 2.10. The van der Waals surface area contributed by atoms with Gasteiger partial charge in [-0.3, -0.25) is 4.90 Å². The summed E-state index contributed by atoms with van der Waals surface area (Å²) in [5, 5.41) is 0. The monoisotopic (exact) mass is 487 g/mol. The first-order chi connectivity index (χ1) is 17.2. The molecule has 0 aliphatic heterocycles. The van der Waals surface area contributed by atoms with Gasteiger partial charge in [0, 0.05) is 12.1 Å². The van der Waals surface area contributed by atoms with Gasteiger partial charge in [-0.05, 0) is 96.2 Å². The highest BCUT2D eigenvalue weighted by molar-refractivity contribution is 5.42. The highest BCUT2D eigenvalue weighted by atomic mass is 16.5. The van der Waals surface area contributed by atoms with Gasteiger partial charge in [-0.2, -0.15) is 0 Å². The van der Waals surface area contributed by atoms with Crippen LogP contribution in [0.15, 0.2) is 102 Å². The molecule has 2 heteroatoms. The van der Waals surface area contributed by atoms with Crippen LogP contribution in [0.25, 0.3) is 0 Å². The van der Waals surface area contributed by atoms with Crippen molar-refractivity contribution < 1.29 is 4.74 Å². The lowest BCUT2D eigenvalue weighted by Gasteiger charge is -2.29. The van der Waals surface area contributed by atoms with Crippen LogP contribution in [-0.2, 0) is 11.3 Å². The molecule has 0 amide bonds. The van der Waals surface area contributed by atoms with Crippen LogP contribution in [0.3, 0.4) is 0 Å². The molecule has 0 aromatic heterocycles. The van der Waals surface area contributed by atoms with Crippen molar-refractivity contribution in [1.29, 1.82) is 0 Å². The third kappa shape index (κ3) is 15.1. The van der Waals surface area contributed by atoms with Crippen molar-refractivity contribution in [2.24, 2.45) is 0 Å². The quantitative estimate of drug-likeness (QED) is 0.147. The first-order valence-corrected chi connectivity index (χ1v) is 13.1. The summed E-state index contributed by atoms with van der Waals surface area (Å²) in [5.41, 5.74) is 4.31. The lowest BCUT2D eigenvalue weighted by molar-refractivity contribution is 0.175. The Morgan fingerprint density at radius 2 is 1.72 bits per heavy atom. The van der Waals surface area contributed by atoms with Gasteiger partial charge in [0.2, 0.25) is 0 Å². The number of rotatable bonds is 14. The molecule has 0 unspecified atom stereocenters. The molecular formula is C34H49NO. The normalized spacial score (nSPS) is 12.5. The van der Waals surface area contributed by atoms with E-state index in [9.17, 15) is 0 Å². The van der Waals surface area contributed by atoms with E-state index in [2.05, 4.69) is 82.9 Å². The molecule has 0 bridgehead atoms. The van der Waals surface area contributed by atoms with Crippen molar-refractivity contribution >= 4 is 0 Å². The summed E-state index contributed by atoms with van der Waals surface area (Å²) in [6, 6.07) is 11.6. The lowest BCUT2D eigenvalue weighted by Crippen LogP contribution is -2.37. The number of hydrogen-bond donors (Lipinski definition) is 0. The predicted molar refractivity (Wildman–Crippen MR) is 161 cm³/mol. The molecule has 196 valence electrons. The molecule has 1 aromatic carbocycles. The zero-order chi connectivity index (χ0) is 27.3. The molecule has 0 heterocycles. The Hall–Kier alpha value is -3.02. The van der Waals surface area contributed by atoms with Crippen molar-refractivity contribution in [3.8, 4) is 12.3 Å². The summed E-state index contributed by atoms with van der Waals surface area (Å²) >= 11 is 0. The third-order valence-electron chi connectivity index (χ3n) is 5.62. The van der Waals surface area contributed by atoms with Crippen LogP contribution < -0.4 is 0 Å².